The van der Waals surface area contributed by atoms with Gasteiger partial charge in [-0.15, -0.1) is 0 Å². The molecule has 100 valence electrons. The molecule has 0 saturated carbocycles. The normalized spacial score (nSPS) is 12.2. The van der Waals surface area contributed by atoms with Crippen molar-refractivity contribution in [3.05, 3.63) is 63.9 Å². The van der Waals surface area contributed by atoms with Crippen LogP contribution in [0.3, 0.4) is 0 Å². The van der Waals surface area contributed by atoms with Gasteiger partial charge in [0.15, 0.2) is 0 Å². The second-order valence-corrected chi connectivity index (χ2v) is 4.75. The van der Waals surface area contributed by atoms with Crippen LogP contribution >= 0.6 is 23.2 Å². The van der Waals surface area contributed by atoms with Crippen molar-refractivity contribution in [1.29, 1.82) is 0 Å². The van der Waals surface area contributed by atoms with Gasteiger partial charge in [-0.3, -0.25) is 0 Å². The zero-order valence-corrected chi connectivity index (χ0v) is 11.5. The van der Waals surface area contributed by atoms with Gasteiger partial charge in [-0.05, 0) is 18.2 Å². The van der Waals surface area contributed by atoms with E-state index in [1.807, 2.05) is 0 Å². The summed E-state index contributed by atoms with van der Waals surface area (Å²) in [5, 5.41) is 0.813. The summed E-state index contributed by atoms with van der Waals surface area (Å²) in [4.78, 5) is 0. The molecule has 0 amide bonds. The van der Waals surface area contributed by atoms with E-state index in [0.717, 1.165) is 0 Å². The average molecular weight is 300 g/mol. The van der Waals surface area contributed by atoms with E-state index >= 15 is 0 Å². The van der Waals surface area contributed by atoms with E-state index < -0.39 is 6.10 Å². The molecule has 0 radical (unpaired) electrons. The van der Waals surface area contributed by atoms with Crippen LogP contribution in [0.2, 0.25) is 10.0 Å². The van der Waals surface area contributed by atoms with E-state index in [1.165, 1.54) is 6.07 Å². The lowest BCUT2D eigenvalue weighted by Crippen LogP contribution is -2.19. The fourth-order valence-electron chi connectivity index (χ4n) is 1.69. The van der Waals surface area contributed by atoms with Gasteiger partial charge in [0, 0.05) is 18.2 Å². The largest absolute Gasteiger partial charge is 0.484 e. The van der Waals surface area contributed by atoms with Gasteiger partial charge in [-0.1, -0.05) is 41.4 Å². The van der Waals surface area contributed by atoms with Gasteiger partial charge >= 0.3 is 0 Å². The summed E-state index contributed by atoms with van der Waals surface area (Å²) < 4.78 is 19.3. The Morgan fingerprint density at radius 2 is 1.84 bits per heavy atom. The molecule has 0 aliphatic carbocycles. The number of ether oxygens (including phenoxy) is 1. The third-order valence-corrected chi connectivity index (χ3v) is 3.37. The molecule has 19 heavy (non-hydrogen) atoms. The first-order valence-electron chi connectivity index (χ1n) is 5.68. The summed E-state index contributed by atoms with van der Waals surface area (Å²) in [5.74, 6) is 0.145. The van der Waals surface area contributed by atoms with Gasteiger partial charge in [0.25, 0.3) is 0 Å². The lowest BCUT2D eigenvalue weighted by atomic mass is 10.1. The van der Waals surface area contributed by atoms with Crippen LogP contribution < -0.4 is 10.5 Å². The first-order chi connectivity index (χ1) is 9.11. The number of nitrogens with two attached hydrogens (primary N) is 1. The minimum atomic E-state index is -0.571. The minimum absolute atomic E-state index is 0.154. The quantitative estimate of drug-likeness (QED) is 0.918. The standard InChI is InChI=1S/C14H12Cl2FNO/c15-11-6-5-9(7-12(11)16)19-14(8-18)10-3-1-2-4-13(10)17/h1-7,14H,8,18H2. The molecule has 2 N–H and O–H groups in total. The van der Waals surface area contributed by atoms with E-state index in [2.05, 4.69) is 0 Å². The molecular formula is C14H12Cl2FNO. The van der Waals surface area contributed by atoms with Crippen molar-refractivity contribution >= 4 is 23.2 Å². The number of halogens is 3. The summed E-state index contributed by atoms with van der Waals surface area (Å²) in [6, 6.07) is 11.2. The highest BCUT2D eigenvalue weighted by molar-refractivity contribution is 6.42. The zero-order chi connectivity index (χ0) is 13.8. The van der Waals surface area contributed by atoms with Crippen LogP contribution in [0.5, 0.6) is 5.75 Å². The maximum Gasteiger partial charge on any atom is 0.139 e. The molecule has 2 aromatic carbocycles. The van der Waals surface area contributed by atoms with Crippen LogP contribution in [0.25, 0.3) is 0 Å². The van der Waals surface area contributed by atoms with E-state index in [0.29, 0.717) is 21.4 Å². The Hall–Kier alpha value is -1.29. The van der Waals surface area contributed by atoms with Crippen LogP contribution in [0.15, 0.2) is 42.5 Å². The summed E-state index contributed by atoms with van der Waals surface area (Å²) in [6.07, 6.45) is -0.571. The molecule has 1 unspecified atom stereocenters. The smallest absolute Gasteiger partial charge is 0.139 e. The SMILES string of the molecule is NCC(Oc1ccc(Cl)c(Cl)c1)c1ccccc1F. The molecule has 0 heterocycles. The molecule has 0 aromatic heterocycles. The fourth-order valence-corrected chi connectivity index (χ4v) is 1.98. The second-order valence-electron chi connectivity index (χ2n) is 3.94. The predicted molar refractivity (Wildman–Crippen MR) is 75.3 cm³/mol. The van der Waals surface area contributed by atoms with Crippen molar-refractivity contribution in [3.63, 3.8) is 0 Å². The number of hydrogen-bond donors (Lipinski definition) is 1. The number of rotatable bonds is 4. The highest BCUT2D eigenvalue weighted by Crippen LogP contribution is 2.29. The zero-order valence-electron chi connectivity index (χ0n) is 9.95. The van der Waals surface area contributed by atoms with Gasteiger partial charge in [0.2, 0.25) is 0 Å². The molecule has 1 atom stereocenters. The molecular weight excluding hydrogens is 288 g/mol. The molecule has 0 fully saturated rings. The van der Waals surface area contributed by atoms with E-state index in [9.17, 15) is 4.39 Å². The number of hydrogen-bond acceptors (Lipinski definition) is 2. The Balaban J connectivity index is 2.24. The van der Waals surface area contributed by atoms with E-state index in [4.69, 9.17) is 33.7 Å². The Morgan fingerprint density at radius 3 is 2.47 bits per heavy atom. The fraction of sp³-hybridized carbons (Fsp3) is 0.143. The van der Waals surface area contributed by atoms with Crippen molar-refractivity contribution in [2.75, 3.05) is 6.54 Å². The van der Waals surface area contributed by atoms with Crippen LogP contribution in [-0.4, -0.2) is 6.54 Å². The van der Waals surface area contributed by atoms with Crippen molar-refractivity contribution < 1.29 is 9.13 Å². The third-order valence-electron chi connectivity index (χ3n) is 2.64. The molecule has 5 heteroatoms. The highest BCUT2D eigenvalue weighted by atomic mass is 35.5. The average Bonchev–Trinajstić information content (AvgIpc) is 2.41. The third kappa shape index (κ3) is 3.38. The second kappa shape index (κ2) is 6.24. The summed E-state index contributed by atoms with van der Waals surface area (Å²) in [7, 11) is 0. The van der Waals surface area contributed by atoms with Gasteiger partial charge < -0.3 is 10.5 Å². The van der Waals surface area contributed by atoms with E-state index in [1.54, 1.807) is 36.4 Å². The molecule has 0 spiro atoms. The van der Waals surface area contributed by atoms with Gasteiger partial charge in [0.1, 0.15) is 17.7 Å². The molecule has 0 bridgehead atoms. The topological polar surface area (TPSA) is 35.2 Å². The summed E-state index contributed by atoms with van der Waals surface area (Å²) in [5.41, 5.74) is 6.05. The Labute approximate surface area is 120 Å². The molecule has 2 nitrogen and oxygen atoms in total. The Kier molecular flexibility index (Phi) is 4.64. The van der Waals surface area contributed by atoms with E-state index in [-0.39, 0.29) is 12.4 Å². The first kappa shape index (κ1) is 14.1. The molecule has 0 aliphatic rings. The predicted octanol–water partition coefficient (Wildman–Crippen LogP) is 4.21. The van der Waals surface area contributed by atoms with Crippen LogP contribution in [0.1, 0.15) is 11.7 Å². The van der Waals surface area contributed by atoms with Crippen LogP contribution in [0, 0.1) is 5.82 Å². The molecule has 2 aromatic rings. The van der Waals surface area contributed by atoms with Gasteiger partial charge in [0.05, 0.1) is 10.0 Å². The summed E-state index contributed by atoms with van der Waals surface area (Å²) in [6.45, 7) is 0.154. The van der Waals surface area contributed by atoms with Crippen molar-refractivity contribution in [2.45, 2.75) is 6.10 Å². The molecule has 2 rings (SSSR count). The first-order valence-corrected chi connectivity index (χ1v) is 6.43. The molecule has 0 aliphatic heterocycles. The van der Waals surface area contributed by atoms with Crippen LogP contribution in [0.4, 0.5) is 4.39 Å². The Bertz CT molecular complexity index is 577. The van der Waals surface area contributed by atoms with Crippen molar-refractivity contribution in [3.8, 4) is 5.75 Å². The van der Waals surface area contributed by atoms with Gasteiger partial charge in [-0.2, -0.15) is 0 Å². The maximum absolute atomic E-state index is 13.7. The lowest BCUT2D eigenvalue weighted by molar-refractivity contribution is 0.209. The van der Waals surface area contributed by atoms with Gasteiger partial charge in [-0.25, -0.2) is 4.39 Å². The van der Waals surface area contributed by atoms with Crippen molar-refractivity contribution in [1.82, 2.24) is 0 Å². The van der Waals surface area contributed by atoms with Crippen molar-refractivity contribution in [2.24, 2.45) is 5.73 Å². The maximum atomic E-state index is 13.7. The summed E-state index contributed by atoms with van der Waals surface area (Å²) >= 11 is 11.7. The van der Waals surface area contributed by atoms with Crippen LogP contribution in [-0.2, 0) is 0 Å². The Morgan fingerprint density at radius 1 is 1.11 bits per heavy atom. The molecule has 0 saturated heterocycles. The minimum Gasteiger partial charge on any atom is -0.484 e. The monoisotopic (exact) mass is 299 g/mol. The number of benzene rings is 2. The lowest BCUT2D eigenvalue weighted by Gasteiger charge is -2.18. The highest BCUT2D eigenvalue weighted by Gasteiger charge is 2.16.